The van der Waals surface area contributed by atoms with Gasteiger partial charge in [0, 0.05) is 10.6 Å². The van der Waals surface area contributed by atoms with Crippen LogP contribution in [-0.2, 0) is 5.54 Å². The fraction of sp³-hybridized carbons (Fsp3) is 0.250. The molecule has 20 heavy (non-hydrogen) atoms. The Labute approximate surface area is 123 Å². The van der Waals surface area contributed by atoms with Gasteiger partial charge in [0.2, 0.25) is 0 Å². The highest BCUT2D eigenvalue weighted by molar-refractivity contribution is 7.98. The van der Waals surface area contributed by atoms with E-state index in [2.05, 4.69) is 5.32 Å². The first-order chi connectivity index (χ1) is 9.57. The van der Waals surface area contributed by atoms with Crippen molar-refractivity contribution in [1.82, 2.24) is 0 Å². The standard InChI is InChI=1S/C16H18FNOS/c1-16(11-19,12-6-8-15(20-2)9-7-12)18-14-5-3-4-13(17)10-14/h3-10,18-19H,11H2,1-2H3. The van der Waals surface area contributed by atoms with E-state index in [1.807, 2.05) is 37.4 Å². The minimum Gasteiger partial charge on any atom is -0.394 e. The Morgan fingerprint density at radius 1 is 1.20 bits per heavy atom. The Hall–Kier alpha value is -1.52. The summed E-state index contributed by atoms with van der Waals surface area (Å²) in [7, 11) is 0. The fourth-order valence-corrected chi connectivity index (χ4v) is 2.45. The molecule has 2 nitrogen and oxygen atoms in total. The summed E-state index contributed by atoms with van der Waals surface area (Å²) >= 11 is 1.67. The van der Waals surface area contributed by atoms with Crippen molar-refractivity contribution in [2.45, 2.75) is 17.4 Å². The largest absolute Gasteiger partial charge is 0.394 e. The van der Waals surface area contributed by atoms with Gasteiger partial charge in [0.1, 0.15) is 5.82 Å². The molecular formula is C16H18FNOS. The van der Waals surface area contributed by atoms with E-state index in [0.29, 0.717) is 5.69 Å². The van der Waals surface area contributed by atoms with Gasteiger partial charge in [-0.15, -0.1) is 11.8 Å². The molecule has 0 saturated heterocycles. The van der Waals surface area contributed by atoms with Gasteiger partial charge in [0.15, 0.2) is 0 Å². The first kappa shape index (κ1) is 14.9. The van der Waals surface area contributed by atoms with E-state index >= 15 is 0 Å². The lowest BCUT2D eigenvalue weighted by atomic mass is 9.92. The van der Waals surface area contributed by atoms with Crippen LogP contribution in [0.25, 0.3) is 0 Å². The molecule has 0 aromatic heterocycles. The van der Waals surface area contributed by atoms with Crippen LogP contribution in [0.2, 0.25) is 0 Å². The van der Waals surface area contributed by atoms with Crippen molar-refractivity contribution in [3.63, 3.8) is 0 Å². The Kier molecular flexibility index (Phi) is 4.68. The van der Waals surface area contributed by atoms with Crippen LogP contribution in [0.5, 0.6) is 0 Å². The van der Waals surface area contributed by atoms with Gasteiger partial charge in [-0.25, -0.2) is 4.39 Å². The predicted molar refractivity (Wildman–Crippen MR) is 82.7 cm³/mol. The molecule has 0 saturated carbocycles. The molecule has 4 heteroatoms. The number of rotatable bonds is 5. The van der Waals surface area contributed by atoms with Crippen LogP contribution >= 0.6 is 11.8 Å². The highest BCUT2D eigenvalue weighted by Gasteiger charge is 2.25. The maximum absolute atomic E-state index is 13.2. The van der Waals surface area contributed by atoms with Gasteiger partial charge in [-0.3, -0.25) is 0 Å². The van der Waals surface area contributed by atoms with Crippen molar-refractivity contribution in [2.75, 3.05) is 18.2 Å². The Bertz CT molecular complexity index is 573. The number of anilines is 1. The first-order valence-corrected chi connectivity index (χ1v) is 7.59. The molecule has 2 aromatic carbocycles. The fourth-order valence-electron chi connectivity index (χ4n) is 2.05. The molecule has 0 spiro atoms. The summed E-state index contributed by atoms with van der Waals surface area (Å²) in [6, 6.07) is 14.2. The minimum atomic E-state index is -0.648. The Balaban J connectivity index is 2.27. The average Bonchev–Trinajstić information content (AvgIpc) is 2.47. The number of nitrogens with one attached hydrogen (secondary N) is 1. The van der Waals surface area contributed by atoms with Crippen LogP contribution in [0.1, 0.15) is 12.5 Å². The molecule has 0 radical (unpaired) electrons. The summed E-state index contributed by atoms with van der Waals surface area (Å²) < 4.78 is 13.2. The van der Waals surface area contributed by atoms with Crippen molar-refractivity contribution in [3.8, 4) is 0 Å². The normalized spacial score (nSPS) is 13.8. The lowest BCUT2D eigenvalue weighted by Crippen LogP contribution is -2.35. The second-order valence-corrected chi connectivity index (χ2v) is 5.73. The van der Waals surface area contributed by atoms with Crippen LogP contribution in [0.15, 0.2) is 53.4 Å². The van der Waals surface area contributed by atoms with Crippen LogP contribution in [0.4, 0.5) is 10.1 Å². The van der Waals surface area contributed by atoms with E-state index in [1.54, 1.807) is 23.9 Å². The van der Waals surface area contributed by atoms with E-state index in [0.717, 1.165) is 5.56 Å². The molecule has 0 bridgehead atoms. The summed E-state index contributed by atoms with van der Waals surface area (Å²) in [5.74, 6) is -0.298. The van der Waals surface area contributed by atoms with Gasteiger partial charge < -0.3 is 10.4 Å². The third-order valence-electron chi connectivity index (χ3n) is 3.29. The molecule has 2 N–H and O–H groups in total. The second-order valence-electron chi connectivity index (χ2n) is 4.85. The first-order valence-electron chi connectivity index (χ1n) is 6.36. The summed E-state index contributed by atoms with van der Waals surface area (Å²) in [6.45, 7) is 1.81. The monoisotopic (exact) mass is 291 g/mol. The summed E-state index contributed by atoms with van der Waals surface area (Å²) in [5, 5.41) is 12.9. The maximum Gasteiger partial charge on any atom is 0.125 e. The molecule has 0 heterocycles. The molecule has 0 aliphatic heterocycles. The van der Waals surface area contributed by atoms with Gasteiger partial charge in [-0.1, -0.05) is 18.2 Å². The van der Waals surface area contributed by atoms with Crippen molar-refractivity contribution < 1.29 is 9.50 Å². The molecule has 106 valence electrons. The van der Waals surface area contributed by atoms with E-state index in [1.165, 1.54) is 17.0 Å². The molecule has 1 unspecified atom stereocenters. The number of aliphatic hydroxyl groups is 1. The van der Waals surface area contributed by atoms with Crippen LogP contribution < -0.4 is 5.32 Å². The van der Waals surface area contributed by atoms with Crippen molar-refractivity contribution in [3.05, 3.63) is 59.9 Å². The number of thioether (sulfide) groups is 1. The van der Waals surface area contributed by atoms with Crippen molar-refractivity contribution in [1.29, 1.82) is 0 Å². The van der Waals surface area contributed by atoms with Crippen molar-refractivity contribution >= 4 is 17.4 Å². The van der Waals surface area contributed by atoms with E-state index in [9.17, 15) is 9.50 Å². The molecule has 1 atom stereocenters. The summed E-state index contributed by atoms with van der Waals surface area (Å²) in [4.78, 5) is 1.17. The van der Waals surface area contributed by atoms with Gasteiger partial charge in [-0.05, 0) is 49.1 Å². The molecule has 0 amide bonds. The van der Waals surface area contributed by atoms with E-state index < -0.39 is 5.54 Å². The van der Waals surface area contributed by atoms with Gasteiger partial charge in [0.05, 0.1) is 12.1 Å². The van der Waals surface area contributed by atoms with E-state index in [-0.39, 0.29) is 12.4 Å². The number of hydrogen-bond donors (Lipinski definition) is 2. The number of benzene rings is 2. The van der Waals surface area contributed by atoms with E-state index in [4.69, 9.17) is 0 Å². The third kappa shape index (κ3) is 3.32. The SMILES string of the molecule is CSc1ccc(C(C)(CO)Nc2cccc(F)c2)cc1. The Morgan fingerprint density at radius 2 is 1.90 bits per heavy atom. The molecular weight excluding hydrogens is 273 g/mol. The smallest absolute Gasteiger partial charge is 0.125 e. The zero-order valence-electron chi connectivity index (χ0n) is 11.6. The molecule has 0 fully saturated rings. The molecule has 0 aliphatic carbocycles. The molecule has 0 aliphatic rings. The minimum absolute atomic E-state index is 0.0812. The highest BCUT2D eigenvalue weighted by Crippen LogP contribution is 2.27. The lowest BCUT2D eigenvalue weighted by Gasteiger charge is -2.30. The number of hydrogen-bond acceptors (Lipinski definition) is 3. The summed E-state index contributed by atoms with van der Waals surface area (Å²) in [6.07, 6.45) is 2.02. The average molecular weight is 291 g/mol. The van der Waals surface area contributed by atoms with Crippen LogP contribution in [0, 0.1) is 5.82 Å². The van der Waals surface area contributed by atoms with Gasteiger partial charge >= 0.3 is 0 Å². The highest BCUT2D eigenvalue weighted by atomic mass is 32.2. The topological polar surface area (TPSA) is 32.3 Å². The number of aliphatic hydroxyl groups excluding tert-OH is 1. The maximum atomic E-state index is 13.2. The lowest BCUT2D eigenvalue weighted by molar-refractivity contribution is 0.224. The number of halogens is 1. The van der Waals surface area contributed by atoms with Gasteiger partial charge in [-0.2, -0.15) is 0 Å². The molecule has 2 aromatic rings. The van der Waals surface area contributed by atoms with Crippen LogP contribution in [-0.4, -0.2) is 18.0 Å². The van der Waals surface area contributed by atoms with Crippen LogP contribution in [0.3, 0.4) is 0 Å². The zero-order chi connectivity index (χ0) is 14.6. The summed E-state index contributed by atoms with van der Waals surface area (Å²) in [5.41, 5.74) is 0.961. The predicted octanol–water partition coefficient (Wildman–Crippen LogP) is 3.87. The second kappa shape index (κ2) is 6.29. The Morgan fingerprint density at radius 3 is 2.45 bits per heavy atom. The van der Waals surface area contributed by atoms with Gasteiger partial charge in [0.25, 0.3) is 0 Å². The van der Waals surface area contributed by atoms with Crippen molar-refractivity contribution in [2.24, 2.45) is 0 Å². The molecule has 2 rings (SSSR count). The third-order valence-corrected chi connectivity index (χ3v) is 4.03. The quantitative estimate of drug-likeness (QED) is 0.820. The zero-order valence-corrected chi connectivity index (χ0v) is 12.4.